The number of carbonyl (C=O) groups is 1. The van der Waals surface area contributed by atoms with Crippen LogP contribution in [0.25, 0.3) is 0 Å². The van der Waals surface area contributed by atoms with Gasteiger partial charge in [0.05, 0.1) is 7.11 Å². The first kappa shape index (κ1) is 25.1. The van der Waals surface area contributed by atoms with Crippen LogP contribution in [0.15, 0.2) is 48.5 Å². The second-order valence-corrected chi connectivity index (χ2v) is 7.50. The number of carbonyl (C=O) groups excluding carboxylic acids is 1. The van der Waals surface area contributed by atoms with Crippen molar-refractivity contribution < 1.29 is 14.3 Å². The molecule has 0 unspecified atom stereocenters. The van der Waals surface area contributed by atoms with Gasteiger partial charge in [0.15, 0.2) is 11.5 Å². The van der Waals surface area contributed by atoms with Gasteiger partial charge in [-0.1, -0.05) is 18.2 Å². The lowest BCUT2D eigenvalue weighted by atomic mass is 10.2. The SMILES string of the molecule is COc1ccc(N2CCCC2=O)cc1OCCN1CCN(c2ccccc2)CC1.Cl.Cl. The molecule has 0 saturated carbocycles. The number of benzene rings is 2. The van der Waals surface area contributed by atoms with Crippen molar-refractivity contribution in [2.24, 2.45) is 0 Å². The topological polar surface area (TPSA) is 45.2 Å². The first-order valence-electron chi connectivity index (χ1n) is 10.4. The van der Waals surface area contributed by atoms with E-state index in [4.69, 9.17) is 9.47 Å². The minimum Gasteiger partial charge on any atom is -0.493 e. The molecule has 31 heavy (non-hydrogen) atoms. The third-order valence-corrected chi connectivity index (χ3v) is 5.69. The molecule has 2 saturated heterocycles. The van der Waals surface area contributed by atoms with Crippen LogP contribution in [0.2, 0.25) is 0 Å². The molecule has 6 nitrogen and oxygen atoms in total. The van der Waals surface area contributed by atoms with Gasteiger partial charge in [0.25, 0.3) is 0 Å². The fourth-order valence-corrected chi connectivity index (χ4v) is 4.02. The van der Waals surface area contributed by atoms with Gasteiger partial charge in [0, 0.05) is 63.1 Å². The molecule has 0 aliphatic carbocycles. The summed E-state index contributed by atoms with van der Waals surface area (Å²) in [5, 5.41) is 0. The Morgan fingerprint density at radius 1 is 0.871 bits per heavy atom. The van der Waals surface area contributed by atoms with E-state index in [1.807, 2.05) is 23.1 Å². The summed E-state index contributed by atoms with van der Waals surface area (Å²) in [5.41, 5.74) is 2.18. The number of piperazine rings is 1. The molecule has 2 fully saturated rings. The summed E-state index contributed by atoms with van der Waals surface area (Å²) in [6.07, 6.45) is 1.53. The van der Waals surface area contributed by atoms with Gasteiger partial charge in [-0.25, -0.2) is 0 Å². The minimum absolute atomic E-state index is 0. The van der Waals surface area contributed by atoms with Crippen molar-refractivity contribution in [1.82, 2.24) is 4.90 Å². The first-order chi connectivity index (χ1) is 14.2. The lowest BCUT2D eigenvalue weighted by Crippen LogP contribution is -2.47. The molecule has 2 aromatic rings. The van der Waals surface area contributed by atoms with Gasteiger partial charge < -0.3 is 19.3 Å². The molecule has 2 aromatic carbocycles. The molecule has 4 rings (SSSR count). The third kappa shape index (κ3) is 6.19. The molecule has 170 valence electrons. The van der Waals surface area contributed by atoms with Crippen molar-refractivity contribution in [2.45, 2.75) is 12.8 Å². The molecule has 2 heterocycles. The molecule has 2 aliphatic rings. The van der Waals surface area contributed by atoms with Crippen molar-refractivity contribution >= 4 is 42.1 Å². The van der Waals surface area contributed by atoms with Crippen LogP contribution in [0.3, 0.4) is 0 Å². The average Bonchev–Trinajstić information content (AvgIpc) is 3.20. The number of nitrogens with zero attached hydrogens (tertiary/aromatic N) is 3. The highest BCUT2D eigenvalue weighted by atomic mass is 35.5. The van der Waals surface area contributed by atoms with E-state index in [2.05, 4.69) is 40.1 Å². The predicted octanol–water partition coefficient (Wildman–Crippen LogP) is 3.87. The Kier molecular flexibility index (Phi) is 9.75. The Labute approximate surface area is 196 Å². The maximum absolute atomic E-state index is 12.0. The second kappa shape index (κ2) is 12.0. The normalized spacial score (nSPS) is 16.5. The Hall–Kier alpha value is -2.15. The zero-order valence-electron chi connectivity index (χ0n) is 17.9. The molecule has 1 amide bonds. The summed E-state index contributed by atoms with van der Waals surface area (Å²) in [5.74, 6) is 1.58. The number of rotatable bonds is 7. The quantitative estimate of drug-likeness (QED) is 0.618. The van der Waals surface area contributed by atoms with Crippen LogP contribution in [0, 0.1) is 0 Å². The minimum atomic E-state index is 0. The first-order valence-corrected chi connectivity index (χ1v) is 10.4. The fraction of sp³-hybridized carbons (Fsp3) is 0.435. The highest BCUT2D eigenvalue weighted by molar-refractivity contribution is 5.95. The number of halogens is 2. The summed E-state index contributed by atoms with van der Waals surface area (Å²) in [6.45, 7) is 6.35. The average molecular weight is 468 g/mol. The standard InChI is InChI=1S/C23H29N3O3.2ClH/c1-28-21-10-9-20(26-11-5-8-23(26)27)18-22(21)29-17-16-24-12-14-25(15-13-24)19-6-3-2-4-7-19;;/h2-4,6-7,9-10,18H,5,8,11-17H2,1H3;2*1H. The van der Waals surface area contributed by atoms with Crippen LogP contribution in [-0.2, 0) is 4.79 Å². The summed E-state index contributed by atoms with van der Waals surface area (Å²) >= 11 is 0. The number of hydrogen-bond donors (Lipinski definition) is 0. The maximum Gasteiger partial charge on any atom is 0.227 e. The van der Waals surface area contributed by atoms with Crippen LogP contribution in [0.5, 0.6) is 11.5 Å². The van der Waals surface area contributed by atoms with Crippen molar-refractivity contribution in [2.75, 3.05) is 62.8 Å². The number of hydrogen-bond acceptors (Lipinski definition) is 5. The predicted molar refractivity (Wildman–Crippen MR) is 130 cm³/mol. The van der Waals surface area contributed by atoms with E-state index >= 15 is 0 Å². The van der Waals surface area contributed by atoms with Crippen LogP contribution < -0.4 is 19.3 Å². The van der Waals surface area contributed by atoms with Gasteiger partial charge in [-0.15, -0.1) is 24.8 Å². The van der Waals surface area contributed by atoms with Gasteiger partial charge in [0.1, 0.15) is 6.61 Å². The molecular formula is C23H31Cl2N3O3. The smallest absolute Gasteiger partial charge is 0.227 e. The van der Waals surface area contributed by atoms with E-state index in [9.17, 15) is 4.79 Å². The Bertz CT molecular complexity index is 830. The van der Waals surface area contributed by atoms with Crippen LogP contribution in [-0.4, -0.2) is 63.8 Å². The Morgan fingerprint density at radius 3 is 2.26 bits per heavy atom. The molecule has 0 bridgehead atoms. The highest BCUT2D eigenvalue weighted by Gasteiger charge is 2.23. The van der Waals surface area contributed by atoms with Crippen LogP contribution in [0.1, 0.15) is 12.8 Å². The zero-order chi connectivity index (χ0) is 20.1. The number of methoxy groups -OCH3 is 1. The Morgan fingerprint density at radius 2 is 1.61 bits per heavy atom. The molecule has 0 radical (unpaired) electrons. The number of amides is 1. The van der Waals surface area contributed by atoms with E-state index in [0.29, 0.717) is 24.5 Å². The molecular weight excluding hydrogens is 437 g/mol. The number of para-hydroxylation sites is 1. The lowest BCUT2D eigenvalue weighted by molar-refractivity contribution is -0.117. The van der Waals surface area contributed by atoms with Crippen LogP contribution >= 0.6 is 24.8 Å². The summed E-state index contributed by atoms with van der Waals surface area (Å²) in [4.78, 5) is 18.7. The van der Waals surface area contributed by atoms with Gasteiger partial charge >= 0.3 is 0 Å². The van der Waals surface area contributed by atoms with E-state index < -0.39 is 0 Å². The largest absolute Gasteiger partial charge is 0.493 e. The van der Waals surface area contributed by atoms with E-state index in [0.717, 1.165) is 51.4 Å². The number of ether oxygens (including phenoxy) is 2. The Balaban J connectivity index is 0.00000171. The van der Waals surface area contributed by atoms with Crippen LogP contribution in [0.4, 0.5) is 11.4 Å². The van der Waals surface area contributed by atoms with Gasteiger partial charge in [0.2, 0.25) is 5.91 Å². The molecule has 0 aromatic heterocycles. The lowest BCUT2D eigenvalue weighted by Gasteiger charge is -2.36. The van der Waals surface area contributed by atoms with Crippen molar-refractivity contribution in [3.05, 3.63) is 48.5 Å². The summed E-state index contributed by atoms with van der Waals surface area (Å²) in [6, 6.07) is 16.3. The molecule has 8 heteroatoms. The number of anilines is 2. The second-order valence-electron chi connectivity index (χ2n) is 7.50. The zero-order valence-corrected chi connectivity index (χ0v) is 19.5. The van der Waals surface area contributed by atoms with Crippen molar-refractivity contribution in [1.29, 1.82) is 0 Å². The monoisotopic (exact) mass is 467 g/mol. The molecule has 0 atom stereocenters. The fourth-order valence-electron chi connectivity index (χ4n) is 4.02. The summed E-state index contributed by atoms with van der Waals surface area (Å²) in [7, 11) is 1.64. The van der Waals surface area contributed by atoms with Gasteiger partial charge in [-0.2, -0.15) is 0 Å². The van der Waals surface area contributed by atoms with Gasteiger partial charge in [-0.05, 0) is 30.7 Å². The maximum atomic E-state index is 12.0. The van der Waals surface area contributed by atoms with E-state index in [1.165, 1.54) is 5.69 Å². The third-order valence-electron chi connectivity index (χ3n) is 5.69. The van der Waals surface area contributed by atoms with Crippen molar-refractivity contribution in [3.8, 4) is 11.5 Å². The molecule has 0 N–H and O–H groups in total. The highest BCUT2D eigenvalue weighted by Crippen LogP contribution is 2.33. The van der Waals surface area contributed by atoms with E-state index in [-0.39, 0.29) is 30.7 Å². The summed E-state index contributed by atoms with van der Waals surface area (Å²) < 4.78 is 11.5. The van der Waals surface area contributed by atoms with Gasteiger partial charge in [-0.3, -0.25) is 9.69 Å². The van der Waals surface area contributed by atoms with Crippen molar-refractivity contribution in [3.63, 3.8) is 0 Å². The van der Waals surface area contributed by atoms with E-state index in [1.54, 1.807) is 7.11 Å². The molecule has 2 aliphatic heterocycles. The molecule has 0 spiro atoms.